The Balaban J connectivity index is 2.35. The topological polar surface area (TPSA) is 44.1 Å². The number of imidazole rings is 1. The standard InChI is InChI=1S/C12H18N2O2/c1-8(10-4-5-10)14-11(9(2)15)6-13-12(14)7-16-3/h6,8,10H,4-5,7H2,1-3H3. The SMILES string of the molecule is COCc1ncc(C(C)=O)n1C(C)C1CC1. The average molecular weight is 222 g/mol. The van der Waals surface area contributed by atoms with Crippen LogP contribution in [-0.4, -0.2) is 22.4 Å². The second kappa shape index (κ2) is 4.37. The van der Waals surface area contributed by atoms with Crippen LogP contribution in [0.15, 0.2) is 6.20 Å². The zero-order valence-corrected chi connectivity index (χ0v) is 10.1. The fraction of sp³-hybridized carbons (Fsp3) is 0.667. The van der Waals surface area contributed by atoms with Gasteiger partial charge in [-0.2, -0.15) is 0 Å². The zero-order valence-electron chi connectivity index (χ0n) is 10.1. The van der Waals surface area contributed by atoms with E-state index < -0.39 is 0 Å². The van der Waals surface area contributed by atoms with Crippen molar-refractivity contribution in [2.45, 2.75) is 39.3 Å². The maximum atomic E-state index is 11.5. The molecule has 4 heteroatoms. The molecule has 1 aliphatic rings. The molecule has 0 aliphatic heterocycles. The molecule has 1 fully saturated rings. The molecule has 1 atom stereocenters. The summed E-state index contributed by atoms with van der Waals surface area (Å²) in [6.45, 7) is 4.21. The van der Waals surface area contributed by atoms with E-state index in [0.717, 1.165) is 5.82 Å². The van der Waals surface area contributed by atoms with Gasteiger partial charge < -0.3 is 9.30 Å². The molecule has 16 heavy (non-hydrogen) atoms. The van der Waals surface area contributed by atoms with Crippen molar-refractivity contribution in [1.29, 1.82) is 0 Å². The molecule has 0 N–H and O–H groups in total. The molecule has 4 nitrogen and oxygen atoms in total. The van der Waals surface area contributed by atoms with E-state index in [1.807, 2.05) is 4.57 Å². The number of carbonyl (C=O) groups excluding carboxylic acids is 1. The van der Waals surface area contributed by atoms with Crippen LogP contribution in [0.3, 0.4) is 0 Å². The summed E-state index contributed by atoms with van der Waals surface area (Å²) in [7, 11) is 1.65. The Morgan fingerprint density at radius 2 is 2.38 bits per heavy atom. The van der Waals surface area contributed by atoms with E-state index in [9.17, 15) is 4.79 Å². The van der Waals surface area contributed by atoms with Crippen LogP contribution < -0.4 is 0 Å². The maximum absolute atomic E-state index is 11.5. The van der Waals surface area contributed by atoms with Gasteiger partial charge >= 0.3 is 0 Å². The van der Waals surface area contributed by atoms with E-state index >= 15 is 0 Å². The second-order valence-electron chi connectivity index (χ2n) is 4.50. The van der Waals surface area contributed by atoms with Crippen molar-refractivity contribution in [2.75, 3.05) is 7.11 Å². The third-order valence-electron chi connectivity index (χ3n) is 3.22. The first-order valence-electron chi connectivity index (χ1n) is 5.71. The average Bonchev–Trinajstić information content (AvgIpc) is 2.99. The lowest BCUT2D eigenvalue weighted by atomic mass is 10.2. The highest BCUT2D eigenvalue weighted by Crippen LogP contribution is 2.40. The van der Waals surface area contributed by atoms with Crippen molar-refractivity contribution in [3.63, 3.8) is 0 Å². The highest BCUT2D eigenvalue weighted by Gasteiger charge is 2.32. The van der Waals surface area contributed by atoms with Crippen LogP contribution in [0.2, 0.25) is 0 Å². The lowest BCUT2D eigenvalue weighted by Crippen LogP contribution is -2.16. The highest BCUT2D eigenvalue weighted by atomic mass is 16.5. The quantitative estimate of drug-likeness (QED) is 0.717. The minimum Gasteiger partial charge on any atom is -0.377 e. The van der Waals surface area contributed by atoms with Gasteiger partial charge in [-0.3, -0.25) is 4.79 Å². The number of Topliss-reactive ketones (excluding diaryl/α,β-unsaturated/α-hetero) is 1. The smallest absolute Gasteiger partial charge is 0.177 e. The number of hydrogen-bond acceptors (Lipinski definition) is 3. The predicted octanol–water partition coefficient (Wildman–Crippen LogP) is 2.20. The van der Waals surface area contributed by atoms with E-state index in [1.165, 1.54) is 12.8 Å². The molecule has 1 aromatic heterocycles. The van der Waals surface area contributed by atoms with Gasteiger partial charge in [0.2, 0.25) is 0 Å². The lowest BCUT2D eigenvalue weighted by molar-refractivity contribution is 0.1000. The molecule has 1 unspecified atom stereocenters. The van der Waals surface area contributed by atoms with Crippen molar-refractivity contribution >= 4 is 5.78 Å². The van der Waals surface area contributed by atoms with Crippen LogP contribution in [0.25, 0.3) is 0 Å². The lowest BCUT2D eigenvalue weighted by Gasteiger charge is -2.17. The predicted molar refractivity (Wildman–Crippen MR) is 60.4 cm³/mol. The molecule has 88 valence electrons. The first-order valence-corrected chi connectivity index (χ1v) is 5.71. The van der Waals surface area contributed by atoms with E-state index in [0.29, 0.717) is 24.3 Å². The Bertz CT molecular complexity index is 394. The number of methoxy groups -OCH3 is 1. The summed E-state index contributed by atoms with van der Waals surface area (Å²) in [5, 5.41) is 0. The van der Waals surface area contributed by atoms with Gasteiger partial charge in [0.15, 0.2) is 5.78 Å². The van der Waals surface area contributed by atoms with Crippen molar-refractivity contribution in [1.82, 2.24) is 9.55 Å². The molecule has 1 heterocycles. The minimum atomic E-state index is 0.0716. The molecule has 0 bridgehead atoms. The molecule has 0 amide bonds. The fourth-order valence-corrected chi connectivity index (χ4v) is 2.14. The van der Waals surface area contributed by atoms with Crippen LogP contribution in [0, 0.1) is 5.92 Å². The molecule has 2 rings (SSSR count). The molecule has 0 radical (unpaired) electrons. The van der Waals surface area contributed by atoms with Gasteiger partial charge in [0, 0.05) is 20.1 Å². The van der Waals surface area contributed by atoms with E-state index in [-0.39, 0.29) is 5.78 Å². The molecule has 1 aromatic rings. The number of hydrogen-bond donors (Lipinski definition) is 0. The van der Waals surface area contributed by atoms with E-state index in [2.05, 4.69) is 11.9 Å². The monoisotopic (exact) mass is 222 g/mol. The van der Waals surface area contributed by atoms with Gasteiger partial charge in [-0.05, 0) is 25.7 Å². The molecular formula is C12H18N2O2. The van der Waals surface area contributed by atoms with Crippen LogP contribution in [0.5, 0.6) is 0 Å². The van der Waals surface area contributed by atoms with Crippen molar-refractivity contribution < 1.29 is 9.53 Å². The first-order chi connectivity index (χ1) is 7.65. The van der Waals surface area contributed by atoms with E-state index in [4.69, 9.17) is 4.74 Å². The van der Waals surface area contributed by atoms with Crippen molar-refractivity contribution in [2.24, 2.45) is 5.92 Å². The maximum Gasteiger partial charge on any atom is 0.177 e. The molecular weight excluding hydrogens is 204 g/mol. The molecule has 0 saturated heterocycles. The largest absolute Gasteiger partial charge is 0.377 e. The van der Waals surface area contributed by atoms with Gasteiger partial charge in [-0.1, -0.05) is 0 Å². The van der Waals surface area contributed by atoms with Crippen LogP contribution in [0.1, 0.15) is 49.0 Å². The summed E-state index contributed by atoms with van der Waals surface area (Å²) < 4.78 is 7.16. The van der Waals surface area contributed by atoms with Gasteiger partial charge in [-0.25, -0.2) is 4.98 Å². The molecule has 0 spiro atoms. The van der Waals surface area contributed by atoms with Crippen molar-refractivity contribution in [3.05, 3.63) is 17.7 Å². The van der Waals surface area contributed by atoms with Crippen molar-refractivity contribution in [3.8, 4) is 0 Å². The number of ketones is 1. The van der Waals surface area contributed by atoms with Crippen LogP contribution in [0.4, 0.5) is 0 Å². The number of aromatic nitrogens is 2. The molecule has 1 saturated carbocycles. The van der Waals surface area contributed by atoms with Crippen LogP contribution >= 0.6 is 0 Å². The third kappa shape index (κ3) is 2.02. The number of rotatable bonds is 5. The van der Waals surface area contributed by atoms with Gasteiger partial charge in [0.05, 0.1) is 6.20 Å². The summed E-state index contributed by atoms with van der Waals surface area (Å²) in [5.41, 5.74) is 0.700. The Morgan fingerprint density at radius 1 is 1.69 bits per heavy atom. The first kappa shape index (κ1) is 11.3. The Morgan fingerprint density at radius 3 is 2.88 bits per heavy atom. The highest BCUT2D eigenvalue weighted by molar-refractivity contribution is 5.92. The zero-order chi connectivity index (χ0) is 11.7. The summed E-state index contributed by atoms with van der Waals surface area (Å²) in [6, 6.07) is 0.353. The number of nitrogens with zero attached hydrogens (tertiary/aromatic N) is 2. The Hall–Kier alpha value is -1.16. The summed E-state index contributed by atoms with van der Waals surface area (Å²) >= 11 is 0. The van der Waals surface area contributed by atoms with Gasteiger partial charge in [0.25, 0.3) is 0 Å². The minimum absolute atomic E-state index is 0.0716. The van der Waals surface area contributed by atoms with Gasteiger partial charge in [-0.15, -0.1) is 0 Å². The number of ether oxygens (including phenoxy) is 1. The second-order valence-corrected chi connectivity index (χ2v) is 4.50. The normalized spacial score (nSPS) is 17.4. The van der Waals surface area contributed by atoms with Gasteiger partial charge in [0.1, 0.15) is 18.1 Å². The Kier molecular flexibility index (Phi) is 3.10. The Labute approximate surface area is 95.6 Å². The summed E-state index contributed by atoms with van der Waals surface area (Å²) in [6.07, 6.45) is 4.17. The molecule has 1 aliphatic carbocycles. The third-order valence-corrected chi connectivity index (χ3v) is 3.22. The summed E-state index contributed by atoms with van der Waals surface area (Å²) in [4.78, 5) is 15.8. The molecule has 0 aromatic carbocycles. The summed E-state index contributed by atoms with van der Waals surface area (Å²) in [5.74, 6) is 1.62. The van der Waals surface area contributed by atoms with E-state index in [1.54, 1.807) is 20.2 Å². The van der Waals surface area contributed by atoms with Crippen LogP contribution in [-0.2, 0) is 11.3 Å². The number of carbonyl (C=O) groups is 1. The fourth-order valence-electron chi connectivity index (χ4n) is 2.14.